The average molecular weight is 315 g/mol. The van der Waals surface area contributed by atoms with E-state index in [1.54, 1.807) is 6.20 Å². The third-order valence-corrected chi connectivity index (χ3v) is 3.41. The van der Waals surface area contributed by atoms with Gasteiger partial charge in [0.15, 0.2) is 0 Å². The van der Waals surface area contributed by atoms with Gasteiger partial charge >= 0.3 is 0 Å². The van der Waals surface area contributed by atoms with Crippen LogP contribution in [0.1, 0.15) is 24.2 Å². The van der Waals surface area contributed by atoms with Gasteiger partial charge in [0.2, 0.25) is 0 Å². The molecule has 0 aliphatic heterocycles. The molecule has 90 valence electrons. The molecule has 2 rings (SSSR count). The summed E-state index contributed by atoms with van der Waals surface area (Å²) in [5, 5.41) is 11.0. The molecule has 1 aromatic heterocycles. The second-order valence-electron chi connectivity index (χ2n) is 3.85. The lowest BCUT2D eigenvalue weighted by atomic mass is 10.1. The molecule has 0 aliphatic rings. The Hall–Kier alpha value is -0.840. The highest BCUT2D eigenvalue weighted by atomic mass is 79.9. The van der Waals surface area contributed by atoms with Crippen molar-refractivity contribution >= 4 is 27.5 Å². The number of H-pyrrole nitrogens is 1. The molecular formula is C12H13BrClN3. The Bertz CT molecular complexity index is 485. The Kier molecular flexibility index (Phi) is 4.20. The average Bonchev–Trinajstić information content (AvgIpc) is 2.78. The van der Waals surface area contributed by atoms with Crippen molar-refractivity contribution < 1.29 is 0 Å². The van der Waals surface area contributed by atoms with E-state index in [1.165, 1.54) is 0 Å². The molecule has 2 aromatic rings. The molecule has 5 heteroatoms. The van der Waals surface area contributed by atoms with E-state index in [-0.39, 0.29) is 6.04 Å². The first-order chi connectivity index (χ1) is 8.16. The van der Waals surface area contributed by atoms with Crippen LogP contribution < -0.4 is 5.32 Å². The lowest BCUT2D eigenvalue weighted by Gasteiger charge is -2.15. The number of nitrogens with zero attached hydrogens (tertiary/aromatic N) is 1. The van der Waals surface area contributed by atoms with Crippen molar-refractivity contribution in [1.82, 2.24) is 15.5 Å². The quantitative estimate of drug-likeness (QED) is 0.904. The third-order valence-electron chi connectivity index (χ3n) is 2.59. The number of aromatic nitrogens is 2. The molecule has 0 bridgehead atoms. The first kappa shape index (κ1) is 12.6. The van der Waals surface area contributed by atoms with E-state index in [2.05, 4.69) is 38.4 Å². The summed E-state index contributed by atoms with van der Waals surface area (Å²) in [6.45, 7) is 2.83. The number of benzene rings is 1. The van der Waals surface area contributed by atoms with Crippen molar-refractivity contribution in [3.8, 4) is 0 Å². The highest BCUT2D eigenvalue weighted by molar-refractivity contribution is 9.10. The minimum Gasteiger partial charge on any atom is -0.305 e. The fourth-order valence-corrected chi connectivity index (χ4v) is 2.45. The van der Waals surface area contributed by atoms with E-state index in [0.717, 1.165) is 27.3 Å². The Labute approximate surface area is 114 Å². The summed E-state index contributed by atoms with van der Waals surface area (Å²) in [6, 6.07) is 8.07. The molecule has 17 heavy (non-hydrogen) atoms. The number of halogens is 2. The van der Waals surface area contributed by atoms with Crippen LogP contribution in [0.25, 0.3) is 0 Å². The second-order valence-corrected chi connectivity index (χ2v) is 5.17. The van der Waals surface area contributed by atoms with Crippen LogP contribution in [0.5, 0.6) is 0 Å². The number of hydrogen-bond donors (Lipinski definition) is 2. The van der Waals surface area contributed by atoms with E-state index >= 15 is 0 Å². The Morgan fingerprint density at radius 3 is 2.94 bits per heavy atom. The molecule has 0 saturated carbocycles. The molecule has 1 unspecified atom stereocenters. The smallest absolute Gasteiger partial charge is 0.0490 e. The third kappa shape index (κ3) is 3.31. The van der Waals surface area contributed by atoms with Gasteiger partial charge in [0.1, 0.15) is 0 Å². The van der Waals surface area contributed by atoms with Crippen LogP contribution in [-0.4, -0.2) is 10.2 Å². The maximum Gasteiger partial charge on any atom is 0.0490 e. The predicted octanol–water partition coefficient (Wildman–Crippen LogP) is 3.68. The van der Waals surface area contributed by atoms with Crippen molar-refractivity contribution in [2.75, 3.05) is 0 Å². The van der Waals surface area contributed by atoms with Crippen LogP contribution in [0.4, 0.5) is 0 Å². The SMILES string of the molecule is CC(NCc1ccn[nH]1)c1ccc(Br)cc1Cl. The van der Waals surface area contributed by atoms with Gasteiger partial charge in [0, 0.05) is 34.0 Å². The first-order valence-corrected chi connectivity index (χ1v) is 6.50. The lowest BCUT2D eigenvalue weighted by Crippen LogP contribution is -2.18. The van der Waals surface area contributed by atoms with Gasteiger partial charge in [0.25, 0.3) is 0 Å². The van der Waals surface area contributed by atoms with Gasteiger partial charge in [-0.25, -0.2) is 0 Å². The van der Waals surface area contributed by atoms with Crippen LogP contribution in [0.15, 0.2) is 34.9 Å². The van der Waals surface area contributed by atoms with E-state index in [4.69, 9.17) is 11.6 Å². The molecule has 0 radical (unpaired) electrons. The highest BCUT2D eigenvalue weighted by Crippen LogP contribution is 2.26. The standard InChI is InChI=1S/C12H13BrClN3/c1-8(15-7-10-4-5-16-17-10)11-3-2-9(13)6-12(11)14/h2-6,8,15H,7H2,1H3,(H,16,17). The fraction of sp³-hybridized carbons (Fsp3) is 0.250. The van der Waals surface area contributed by atoms with Gasteiger partial charge in [-0.1, -0.05) is 33.6 Å². The van der Waals surface area contributed by atoms with Crippen molar-refractivity contribution in [2.24, 2.45) is 0 Å². The predicted molar refractivity (Wildman–Crippen MR) is 73.0 cm³/mol. The molecule has 1 aromatic carbocycles. The zero-order valence-electron chi connectivity index (χ0n) is 9.37. The molecule has 2 N–H and O–H groups in total. The summed E-state index contributed by atoms with van der Waals surface area (Å²) in [5.41, 5.74) is 2.15. The van der Waals surface area contributed by atoms with Crippen molar-refractivity contribution in [1.29, 1.82) is 0 Å². The summed E-state index contributed by atoms with van der Waals surface area (Å²) in [4.78, 5) is 0. The van der Waals surface area contributed by atoms with Gasteiger partial charge in [-0.3, -0.25) is 5.10 Å². The molecule has 0 saturated heterocycles. The zero-order valence-corrected chi connectivity index (χ0v) is 11.7. The van der Waals surface area contributed by atoms with Gasteiger partial charge < -0.3 is 5.32 Å². The summed E-state index contributed by atoms with van der Waals surface area (Å²) >= 11 is 9.59. The fourth-order valence-electron chi connectivity index (χ4n) is 1.61. The van der Waals surface area contributed by atoms with Crippen molar-refractivity contribution in [2.45, 2.75) is 19.5 Å². The van der Waals surface area contributed by atoms with Crippen molar-refractivity contribution in [3.63, 3.8) is 0 Å². The van der Waals surface area contributed by atoms with Crippen LogP contribution in [0.2, 0.25) is 5.02 Å². The second kappa shape index (κ2) is 5.67. The Balaban J connectivity index is 2.01. The number of rotatable bonds is 4. The lowest BCUT2D eigenvalue weighted by molar-refractivity contribution is 0.567. The minimum atomic E-state index is 0.193. The zero-order chi connectivity index (χ0) is 12.3. The van der Waals surface area contributed by atoms with E-state index in [9.17, 15) is 0 Å². The van der Waals surface area contributed by atoms with Crippen molar-refractivity contribution in [3.05, 3.63) is 51.2 Å². The number of nitrogens with one attached hydrogen (secondary N) is 2. The van der Waals surface area contributed by atoms with Crippen LogP contribution in [-0.2, 0) is 6.54 Å². The highest BCUT2D eigenvalue weighted by Gasteiger charge is 2.09. The van der Waals surface area contributed by atoms with Crippen LogP contribution in [0.3, 0.4) is 0 Å². The van der Waals surface area contributed by atoms with Crippen LogP contribution >= 0.6 is 27.5 Å². The van der Waals surface area contributed by atoms with Gasteiger partial charge in [-0.2, -0.15) is 5.10 Å². The van der Waals surface area contributed by atoms with E-state index in [1.807, 2.05) is 24.3 Å². The Morgan fingerprint density at radius 1 is 1.47 bits per heavy atom. The Morgan fingerprint density at radius 2 is 2.29 bits per heavy atom. The number of hydrogen-bond acceptors (Lipinski definition) is 2. The van der Waals surface area contributed by atoms with E-state index in [0.29, 0.717) is 0 Å². The molecule has 0 spiro atoms. The van der Waals surface area contributed by atoms with E-state index < -0.39 is 0 Å². The van der Waals surface area contributed by atoms with Gasteiger partial charge in [0.05, 0.1) is 0 Å². The topological polar surface area (TPSA) is 40.7 Å². The minimum absolute atomic E-state index is 0.193. The maximum absolute atomic E-state index is 6.19. The van der Waals surface area contributed by atoms with Crippen LogP contribution in [0, 0.1) is 0 Å². The summed E-state index contributed by atoms with van der Waals surface area (Å²) in [7, 11) is 0. The molecule has 3 nitrogen and oxygen atoms in total. The van der Waals surface area contributed by atoms with Gasteiger partial charge in [-0.15, -0.1) is 0 Å². The molecule has 1 atom stereocenters. The molecule has 1 heterocycles. The maximum atomic E-state index is 6.19. The monoisotopic (exact) mass is 313 g/mol. The molecule has 0 aliphatic carbocycles. The van der Waals surface area contributed by atoms with Gasteiger partial charge in [-0.05, 0) is 30.7 Å². The molecule has 0 amide bonds. The molecule has 0 fully saturated rings. The summed E-state index contributed by atoms with van der Waals surface area (Å²) in [6.07, 6.45) is 1.74. The molecular weight excluding hydrogens is 302 g/mol. The normalized spacial score (nSPS) is 12.6. The summed E-state index contributed by atoms with van der Waals surface area (Å²) < 4.78 is 0.993. The number of aromatic amines is 1. The largest absolute Gasteiger partial charge is 0.305 e. The summed E-state index contributed by atoms with van der Waals surface area (Å²) in [5.74, 6) is 0. The first-order valence-electron chi connectivity index (χ1n) is 5.33.